The fraction of sp³-hybridized carbons (Fsp3) is 0.429. The first-order valence-corrected chi connectivity index (χ1v) is 2.84. The van der Waals surface area contributed by atoms with Crippen molar-refractivity contribution < 1.29 is 19.8 Å². The molecule has 4 heteroatoms. The molecule has 0 saturated carbocycles. The topological polar surface area (TPSA) is 74.6 Å². The first-order valence-electron chi connectivity index (χ1n) is 2.84. The number of rotatable bonds is 0. The molecule has 66 valence electrons. The number of carbonyl (C=O) groups is 2. The number of Topliss-reactive ketones (excluding diaryl/α,β-unsaturated/α-hetero) is 1. The second kappa shape index (κ2) is 15.9. The summed E-state index contributed by atoms with van der Waals surface area (Å²) >= 11 is 0. The van der Waals surface area contributed by atoms with Gasteiger partial charge in [-0.05, 0) is 20.8 Å². The van der Waals surface area contributed by atoms with Gasteiger partial charge in [0.1, 0.15) is 5.78 Å². The average Bonchev–Trinajstić information content (AvgIpc) is 1.60. The molecule has 0 radical (unpaired) electrons. The van der Waals surface area contributed by atoms with Gasteiger partial charge in [-0.2, -0.15) is 0 Å². The molecule has 0 heterocycles. The van der Waals surface area contributed by atoms with Crippen LogP contribution in [-0.2, 0) is 4.79 Å². The van der Waals surface area contributed by atoms with Crippen molar-refractivity contribution in [2.75, 3.05) is 0 Å². The van der Waals surface area contributed by atoms with E-state index in [1.54, 1.807) is 6.08 Å². The third-order valence-electron chi connectivity index (χ3n) is 0. The molecule has 0 aromatic rings. The van der Waals surface area contributed by atoms with Gasteiger partial charge < -0.3 is 15.0 Å². The molecule has 0 aliphatic carbocycles. The minimum Gasteiger partial charge on any atom is -0.450 e. The first-order chi connectivity index (χ1) is 4.88. The highest BCUT2D eigenvalue weighted by molar-refractivity contribution is 5.72. The van der Waals surface area contributed by atoms with Crippen molar-refractivity contribution in [2.45, 2.75) is 20.8 Å². The zero-order chi connectivity index (χ0) is 9.86. The van der Waals surface area contributed by atoms with Gasteiger partial charge in [0.15, 0.2) is 0 Å². The summed E-state index contributed by atoms with van der Waals surface area (Å²) in [6, 6.07) is 0. The molecule has 11 heavy (non-hydrogen) atoms. The van der Waals surface area contributed by atoms with Gasteiger partial charge in [-0.15, -0.1) is 6.58 Å². The van der Waals surface area contributed by atoms with Crippen LogP contribution in [0.5, 0.6) is 0 Å². The Balaban J connectivity index is -0.0000000886. The highest BCUT2D eigenvalue weighted by Gasteiger charge is 1.70. The zero-order valence-corrected chi connectivity index (χ0v) is 7.00. The zero-order valence-electron chi connectivity index (χ0n) is 7.00. The lowest BCUT2D eigenvalue weighted by Gasteiger charge is -1.60. The van der Waals surface area contributed by atoms with Crippen LogP contribution in [0, 0.1) is 0 Å². The van der Waals surface area contributed by atoms with E-state index in [1.165, 1.54) is 13.8 Å². The first kappa shape index (κ1) is 16.3. The SMILES string of the molecule is C=CC.CC(C)=O.O=C(O)O. The van der Waals surface area contributed by atoms with Crippen LogP contribution in [0.3, 0.4) is 0 Å². The van der Waals surface area contributed by atoms with Gasteiger partial charge in [0.25, 0.3) is 0 Å². The van der Waals surface area contributed by atoms with Crippen molar-refractivity contribution in [3.63, 3.8) is 0 Å². The van der Waals surface area contributed by atoms with E-state index >= 15 is 0 Å². The molecule has 0 saturated heterocycles. The number of carbonyl (C=O) groups excluding carboxylic acids is 1. The number of ketones is 1. The fourth-order valence-electron chi connectivity index (χ4n) is 0. The highest BCUT2D eigenvalue weighted by atomic mass is 16.6. The van der Waals surface area contributed by atoms with E-state index in [0.717, 1.165) is 0 Å². The van der Waals surface area contributed by atoms with Crippen LogP contribution < -0.4 is 0 Å². The van der Waals surface area contributed by atoms with Crippen LogP contribution in [0.4, 0.5) is 4.79 Å². The van der Waals surface area contributed by atoms with E-state index in [1.807, 2.05) is 6.92 Å². The van der Waals surface area contributed by atoms with Gasteiger partial charge in [0.05, 0.1) is 0 Å². The summed E-state index contributed by atoms with van der Waals surface area (Å²) in [6.07, 6.45) is -0.0833. The third kappa shape index (κ3) is 222. The predicted octanol–water partition coefficient (Wildman–Crippen LogP) is 2.01. The molecule has 0 amide bonds. The summed E-state index contributed by atoms with van der Waals surface area (Å²) in [5.41, 5.74) is 0. The summed E-state index contributed by atoms with van der Waals surface area (Å²) in [5, 5.41) is 13.9. The molecule has 0 atom stereocenters. The quantitative estimate of drug-likeness (QED) is 0.534. The minimum absolute atomic E-state index is 0.167. The van der Waals surface area contributed by atoms with Crippen LogP contribution in [-0.4, -0.2) is 22.2 Å². The number of carboxylic acid groups (broad SMARTS) is 2. The van der Waals surface area contributed by atoms with Crippen molar-refractivity contribution in [2.24, 2.45) is 0 Å². The van der Waals surface area contributed by atoms with Crippen molar-refractivity contribution >= 4 is 11.9 Å². The monoisotopic (exact) mass is 162 g/mol. The van der Waals surface area contributed by atoms with Gasteiger partial charge in [0.2, 0.25) is 0 Å². The molecule has 2 N–H and O–H groups in total. The van der Waals surface area contributed by atoms with E-state index in [0.29, 0.717) is 0 Å². The predicted molar refractivity (Wildman–Crippen MR) is 42.9 cm³/mol. The van der Waals surface area contributed by atoms with Crippen molar-refractivity contribution in [3.05, 3.63) is 12.7 Å². The van der Waals surface area contributed by atoms with Gasteiger partial charge in [0, 0.05) is 0 Å². The van der Waals surface area contributed by atoms with E-state index < -0.39 is 6.16 Å². The molecule has 0 unspecified atom stereocenters. The molecule has 0 aromatic heterocycles. The Morgan fingerprint density at radius 3 is 1.27 bits per heavy atom. The smallest absolute Gasteiger partial charge is 0.450 e. The standard InChI is InChI=1S/C3H6O.C3H6.CH2O3/c1-3(2)4;1-3-2;2-1(3)4/h1-2H3;3H,1H2,2H3;(H2,2,3,4). The van der Waals surface area contributed by atoms with E-state index in [4.69, 9.17) is 15.0 Å². The lowest BCUT2D eigenvalue weighted by Crippen LogP contribution is -1.81. The van der Waals surface area contributed by atoms with Crippen LogP contribution in [0.15, 0.2) is 12.7 Å². The number of hydrogen-bond acceptors (Lipinski definition) is 2. The van der Waals surface area contributed by atoms with Crippen molar-refractivity contribution in [1.82, 2.24) is 0 Å². The molecule has 0 rings (SSSR count). The number of hydrogen-bond donors (Lipinski definition) is 2. The van der Waals surface area contributed by atoms with Gasteiger partial charge in [-0.3, -0.25) is 0 Å². The molecule has 0 fully saturated rings. The molecular formula is C7H14O4. The Morgan fingerprint density at radius 1 is 1.27 bits per heavy atom. The van der Waals surface area contributed by atoms with Crippen LogP contribution in [0.2, 0.25) is 0 Å². The Hall–Kier alpha value is -1.32. The second-order valence-electron chi connectivity index (χ2n) is 1.60. The van der Waals surface area contributed by atoms with Gasteiger partial charge >= 0.3 is 6.16 Å². The molecule has 0 aromatic carbocycles. The Kier molecular flexibility index (Phi) is 23.6. The summed E-state index contributed by atoms with van der Waals surface area (Å²) in [4.78, 5) is 18.0. The second-order valence-corrected chi connectivity index (χ2v) is 1.60. The summed E-state index contributed by atoms with van der Waals surface area (Å²) < 4.78 is 0. The normalized spacial score (nSPS) is 5.73. The van der Waals surface area contributed by atoms with Crippen LogP contribution in [0.1, 0.15) is 20.8 Å². The minimum atomic E-state index is -1.83. The summed E-state index contributed by atoms with van der Waals surface area (Å²) in [7, 11) is 0. The maximum absolute atomic E-state index is 9.44. The van der Waals surface area contributed by atoms with E-state index in [2.05, 4.69) is 6.58 Å². The number of allylic oxidation sites excluding steroid dienone is 1. The third-order valence-corrected chi connectivity index (χ3v) is 0. The van der Waals surface area contributed by atoms with E-state index in [9.17, 15) is 4.79 Å². The van der Waals surface area contributed by atoms with E-state index in [-0.39, 0.29) is 5.78 Å². The fourth-order valence-corrected chi connectivity index (χ4v) is 0. The average molecular weight is 162 g/mol. The summed E-state index contributed by atoms with van der Waals surface area (Å²) in [6.45, 7) is 8.31. The van der Waals surface area contributed by atoms with Crippen LogP contribution in [0.25, 0.3) is 0 Å². The molecule has 4 nitrogen and oxygen atoms in total. The Labute approximate surface area is 66.2 Å². The highest BCUT2D eigenvalue weighted by Crippen LogP contribution is 1.50. The van der Waals surface area contributed by atoms with Gasteiger partial charge in [-0.1, -0.05) is 6.08 Å². The van der Waals surface area contributed by atoms with Crippen molar-refractivity contribution in [1.29, 1.82) is 0 Å². The lowest BCUT2D eigenvalue weighted by atomic mass is 10.6. The molecule has 0 aliphatic rings. The summed E-state index contributed by atoms with van der Waals surface area (Å²) in [5.74, 6) is 0.167. The van der Waals surface area contributed by atoms with Gasteiger partial charge in [-0.25, -0.2) is 4.79 Å². The maximum atomic E-state index is 9.44. The van der Waals surface area contributed by atoms with Crippen LogP contribution >= 0.6 is 0 Å². The molecule has 0 bridgehead atoms. The Bertz CT molecular complexity index is 97.6. The lowest BCUT2D eigenvalue weighted by molar-refractivity contribution is -0.114. The largest absolute Gasteiger partial charge is 0.503 e. The molecule has 0 spiro atoms. The molecular weight excluding hydrogens is 148 g/mol. The maximum Gasteiger partial charge on any atom is 0.503 e. The van der Waals surface area contributed by atoms with Crippen molar-refractivity contribution in [3.8, 4) is 0 Å². The molecule has 0 aliphatic heterocycles. The Morgan fingerprint density at radius 2 is 1.27 bits per heavy atom.